The van der Waals surface area contributed by atoms with Crippen molar-refractivity contribution in [3.8, 4) is 0 Å². The highest BCUT2D eigenvalue weighted by Crippen LogP contribution is 2.27. The summed E-state index contributed by atoms with van der Waals surface area (Å²) in [6, 6.07) is 10.1. The first kappa shape index (κ1) is 16.9. The van der Waals surface area contributed by atoms with Crippen molar-refractivity contribution in [2.45, 2.75) is 31.6 Å². The van der Waals surface area contributed by atoms with E-state index in [9.17, 15) is 0 Å². The second-order valence-corrected chi connectivity index (χ2v) is 12.7. The zero-order valence-corrected chi connectivity index (χ0v) is 15.1. The first-order valence-electron chi connectivity index (χ1n) is 6.87. The van der Waals surface area contributed by atoms with Crippen LogP contribution in [0.15, 0.2) is 28.7 Å². The number of halogens is 1. The number of hydrogen-bond donors (Lipinski definition) is 1. The van der Waals surface area contributed by atoms with Crippen molar-refractivity contribution in [1.82, 2.24) is 5.32 Å². The molecule has 1 rings (SSSR count). The minimum Gasteiger partial charge on any atom is -0.383 e. The molecule has 0 amide bonds. The van der Waals surface area contributed by atoms with E-state index in [4.69, 9.17) is 4.74 Å². The molecule has 0 bridgehead atoms. The molecule has 1 unspecified atom stereocenters. The third-order valence-electron chi connectivity index (χ3n) is 3.07. The molecule has 0 spiro atoms. The van der Waals surface area contributed by atoms with Crippen LogP contribution in [0.2, 0.25) is 25.7 Å². The molecule has 4 heteroatoms. The van der Waals surface area contributed by atoms with Crippen molar-refractivity contribution >= 4 is 24.0 Å². The molecule has 0 aliphatic rings. The van der Waals surface area contributed by atoms with E-state index in [-0.39, 0.29) is 0 Å². The van der Waals surface area contributed by atoms with E-state index in [1.165, 1.54) is 11.6 Å². The largest absolute Gasteiger partial charge is 0.383 e. The highest BCUT2D eigenvalue weighted by atomic mass is 79.9. The smallest absolute Gasteiger partial charge is 0.0587 e. The Morgan fingerprint density at radius 1 is 1.21 bits per heavy atom. The van der Waals surface area contributed by atoms with Gasteiger partial charge in [-0.3, -0.25) is 0 Å². The molecule has 2 nitrogen and oxygen atoms in total. The number of nitrogens with one attached hydrogen (secondary N) is 1. The molecule has 0 aliphatic heterocycles. The molecular weight excluding hydrogens is 318 g/mol. The highest BCUT2D eigenvalue weighted by molar-refractivity contribution is 9.10. The van der Waals surface area contributed by atoms with Crippen molar-refractivity contribution in [1.29, 1.82) is 0 Å². The number of benzene rings is 1. The number of rotatable bonds is 8. The topological polar surface area (TPSA) is 21.3 Å². The SMILES string of the molecule is COCCNCC(C[Si](C)(C)C)c1ccc(Br)cc1. The molecule has 108 valence electrons. The summed E-state index contributed by atoms with van der Waals surface area (Å²) in [6.07, 6.45) is 0. The first-order chi connectivity index (χ1) is 8.92. The third-order valence-corrected chi connectivity index (χ3v) is 5.32. The van der Waals surface area contributed by atoms with Gasteiger partial charge in [0.15, 0.2) is 0 Å². The van der Waals surface area contributed by atoms with Gasteiger partial charge < -0.3 is 10.1 Å². The van der Waals surface area contributed by atoms with Crippen LogP contribution < -0.4 is 5.32 Å². The number of ether oxygens (including phenoxy) is 1. The van der Waals surface area contributed by atoms with Gasteiger partial charge in [0, 0.05) is 32.7 Å². The van der Waals surface area contributed by atoms with Crippen LogP contribution in [0.3, 0.4) is 0 Å². The Balaban J connectivity index is 2.65. The molecular formula is C15H26BrNOSi. The zero-order chi connectivity index (χ0) is 14.3. The maximum absolute atomic E-state index is 5.09. The second-order valence-electron chi connectivity index (χ2n) is 6.21. The fraction of sp³-hybridized carbons (Fsp3) is 0.600. The Morgan fingerprint density at radius 3 is 2.37 bits per heavy atom. The summed E-state index contributed by atoms with van der Waals surface area (Å²) >= 11 is 3.51. The molecule has 0 aliphatic carbocycles. The van der Waals surface area contributed by atoms with Crippen molar-refractivity contribution in [2.24, 2.45) is 0 Å². The van der Waals surface area contributed by atoms with Crippen molar-refractivity contribution < 1.29 is 4.74 Å². The Morgan fingerprint density at radius 2 is 1.84 bits per heavy atom. The molecule has 0 radical (unpaired) electrons. The minimum absolute atomic E-state index is 0.608. The molecule has 0 saturated carbocycles. The maximum atomic E-state index is 5.09. The van der Waals surface area contributed by atoms with E-state index < -0.39 is 8.07 Å². The normalized spacial score (nSPS) is 13.5. The molecule has 1 atom stereocenters. The molecule has 19 heavy (non-hydrogen) atoms. The summed E-state index contributed by atoms with van der Waals surface area (Å²) in [5.74, 6) is 0.608. The summed E-state index contributed by atoms with van der Waals surface area (Å²) in [5, 5.41) is 3.51. The number of hydrogen-bond acceptors (Lipinski definition) is 2. The molecule has 1 N–H and O–H groups in total. The van der Waals surface area contributed by atoms with E-state index in [0.29, 0.717) is 5.92 Å². The Hall–Kier alpha value is -0.163. The fourth-order valence-electron chi connectivity index (χ4n) is 2.23. The lowest BCUT2D eigenvalue weighted by Crippen LogP contribution is -2.30. The van der Waals surface area contributed by atoms with Crippen LogP contribution in [0.25, 0.3) is 0 Å². The quantitative estimate of drug-likeness (QED) is 0.566. The van der Waals surface area contributed by atoms with Gasteiger partial charge in [0.25, 0.3) is 0 Å². The van der Waals surface area contributed by atoms with Crippen LogP contribution in [-0.2, 0) is 4.74 Å². The predicted octanol–water partition coefficient (Wildman–Crippen LogP) is 4.11. The van der Waals surface area contributed by atoms with Crippen LogP contribution in [0.4, 0.5) is 0 Å². The molecule has 0 aromatic heterocycles. The molecule has 1 aromatic carbocycles. The summed E-state index contributed by atoms with van der Waals surface area (Å²) in [5.41, 5.74) is 1.44. The maximum Gasteiger partial charge on any atom is 0.0587 e. The lowest BCUT2D eigenvalue weighted by atomic mass is 10.0. The van der Waals surface area contributed by atoms with Gasteiger partial charge in [-0.05, 0) is 29.7 Å². The van der Waals surface area contributed by atoms with Crippen LogP contribution in [-0.4, -0.2) is 34.9 Å². The van der Waals surface area contributed by atoms with Gasteiger partial charge >= 0.3 is 0 Å². The van der Waals surface area contributed by atoms with Crippen LogP contribution in [0.1, 0.15) is 11.5 Å². The monoisotopic (exact) mass is 343 g/mol. The summed E-state index contributed by atoms with van der Waals surface area (Å²) in [6.45, 7) is 10.1. The van der Waals surface area contributed by atoms with Gasteiger partial charge in [-0.15, -0.1) is 0 Å². The van der Waals surface area contributed by atoms with Crippen LogP contribution in [0.5, 0.6) is 0 Å². The van der Waals surface area contributed by atoms with Crippen molar-refractivity contribution in [3.63, 3.8) is 0 Å². The van der Waals surface area contributed by atoms with Crippen molar-refractivity contribution in [3.05, 3.63) is 34.3 Å². The van der Waals surface area contributed by atoms with Gasteiger partial charge in [0.05, 0.1) is 6.61 Å². The predicted molar refractivity (Wildman–Crippen MR) is 89.8 cm³/mol. The Labute approximate surface area is 127 Å². The van der Waals surface area contributed by atoms with Gasteiger partial charge in [-0.25, -0.2) is 0 Å². The zero-order valence-electron chi connectivity index (χ0n) is 12.5. The van der Waals surface area contributed by atoms with E-state index in [2.05, 4.69) is 65.2 Å². The molecule has 0 saturated heterocycles. The fourth-order valence-corrected chi connectivity index (χ4v) is 4.36. The van der Waals surface area contributed by atoms with Gasteiger partial charge in [-0.1, -0.05) is 47.7 Å². The van der Waals surface area contributed by atoms with Crippen LogP contribution in [0, 0.1) is 0 Å². The molecule has 1 aromatic rings. The molecule has 0 fully saturated rings. The second kappa shape index (κ2) is 8.20. The van der Waals surface area contributed by atoms with E-state index in [1.807, 2.05) is 0 Å². The lowest BCUT2D eigenvalue weighted by molar-refractivity contribution is 0.199. The van der Waals surface area contributed by atoms with E-state index in [0.717, 1.165) is 24.2 Å². The average molecular weight is 344 g/mol. The van der Waals surface area contributed by atoms with Gasteiger partial charge in [0.1, 0.15) is 0 Å². The first-order valence-corrected chi connectivity index (χ1v) is 11.4. The summed E-state index contributed by atoms with van der Waals surface area (Å²) in [7, 11) is 0.678. The van der Waals surface area contributed by atoms with E-state index >= 15 is 0 Å². The van der Waals surface area contributed by atoms with Gasteiger partial charge in [0.2, 0.25) is 0 Å². The summed E-state index contributed by atoms with van der Waals surface area (Å²) in [4.78, 5) is 0. The Bertz CT molecular complexity index is 361. The number of methoxy groups -OCH3 is 1. The van der Waals surface area contributed by atoms with Crippen LogP contribution >= 0.6 is 15.9 Å². The van der Waals surface area contributed by atoms with Gasteiger partial charge in [-0.2, -0.15) is 0 Å². The standard InChI is InChI=1S/C15H26BrNOSi/c1-18-10-9-17-11-14(12-19(2,3)4)13-5-7-15(16)8-6-13/h5-8,14,17H,9-12H2,1-4H3. The summed E-state index contributed by atoms with van der Waals surface area (Å²) < 4.78 is 6.23. The third kappa shape index (κ3) is 7.25. The minimum atomic E-state index is -1.07. The average Bonchev–Trinajstić information content (AvgIpc) is 2.33. The highest BCUT2D eigenvalue weighted by Gasteiger charge is 2.21. The lowest BCUT2D eigenvalue weighted by Gasteiger charge is -2.25. The molecule has 0 heterocycles. The Kier molecular flexibility index (Phi) is 7.29. The van der Waals surface area contributed by atoms with E-state index in [1.54, 1.807) is 7.11 Å². The van der Waals surface area contributed by atoms with Crippen molar-refractivity contribution in [2.75, 3.05) is 26.8 Å².